The molecule has 0 unspecified atom stereocenters. The van der Waals surface area contributed by atoms with Crippen molar-refractivity contribution < 1.29 is 14.1 Å². The number of hydrogen-bond acceptors (Lipinski definition) is 4. The van der Waals surface area contributed by atoms with Gasteiger partial charge in [-0.3, -0.25) is 14.9 Å². The van der Waals surface area contributed by atoms with Gasteiger partial charge < -0.3 is 5.32 Å². The first-order valence-electron chi connectivity index (χ1n) is 10.1. The number of carbonyl (C=O) groups excluding carboxylic acids is 1. The summed E-state index contributed by atoms with van der Waals surface area (Å²) in [6.07, 6.45) is 0.470. The standard InChI is InChI=1S/C24H17Cl2FN4O3/c25-17-7-4-15(21(26)12-17)10-11-28-24(32)23-14-22(16-5-8-18(27)9-6-16)29-30(23)19-2-1-3-20(13-19)31(33)34/h1-9,12-14H,10-11H2,(H,28,32). The number of hydrogen-bond donors (Lipinski definition) is 1. The van der Waals surface area contributed by atoms with Crippen molar-refractivity contribution in [2.45, 2.75) is 6.42 Å². The number of benzene rings is 3. The fourth-order valence-electron chi connectivity index (χ4n) is 3.37. The number of carbonyl (C=O) groups is 1. The van der Waals surface area contributed by atoms with Crippen LogP contribution in [0.5, 0.6) is 0 Å². The van der Waals surface area contributed by atoms with E-state index in [1.807, 2.05) is 0 Å². The fraction of sp³-hybridized carbons (Fsp3) is 0.0833. The second-order valence-electron chi connectivity index (χ2n) is 7.35. The molecule has 172 valence electrons. The van der Waals surface area contributed by atoms with Crippen molar-refractivity contribution in [2.24, 2.45) is 0 Å². The van der Waals surface area contributed by atoms with Crippen LogP contribution in [-0.2, 0) is 6.42 Å². The maximum Gasteiger partial charge on any atom is 0.271 e. The molecule has 10 heteroatoms. The molecule has 0 saturated carbocycles. The summed E-state index contributed by atoms with van der Waals surface area (Å²) in [7, 11) is 0. The van der Waals surface area contributed by atoms with E-state index in [4.69, 9.17) is 23.2 Å². The van der Waals surface area contributed by atoms with Crippen LogP contribution in [0.15, 0.2) is 72.8 Å². The maximum absolute atomic E-state index is 13.4. The lowest BCUT2D eigenvalue weighted by Crippen LogP contribution is -2.28. The van der Waals surface area contributed by atoms with Crippen LogP contribution >= 0.6 is 23.2 Å². The van der Waals surface area contributed by atoms with Crippen molar-refractivity contribution >= 4 is 34.8 Å². The number of nitrogens with one attached hydrogen (secondary N) is 1. The van der Waals surface area contributed by atoms with Crippen LogP contribution < -0.4 is 5.32 Å². The Hall–Kier alpha value is -3.75. The minimum atomic E-state index is -0.524. The molecule has 0 fully saturated rings. The van der Waals surface area contributed by atoms with E-state index < -0.39 is 16.6 Å². The molecule has 0 radical (unpaired) electrons. The summed E-state index contributed by atoms with van der Waals surface area (Å²) >= 11 is 12.1. The Morgan fingerprint density at radius 1 is 1.06 bits per heavy atom. The summed E-state index contributed by atoms with van der Waals surface area (Å²) in [5, 5.41) is 19.5. The van der Waals surface area contributed by atoms with Crippen LogP contribution in [0, 0.1) is 15.9 Å². The molecule has 0 aliphatic heterocycles. The Morgan fingerprint density at radius 2 is 1.82 bits per heavy atom. The molecule has 1 aromatic heterocycles. The number of nitro benzene ring substituents is 1. The van der Waals surface area contributed by atoms with Crippen LogP contribution in [0.2, 0.25) is 10.0 Å². The van der Waals surface area contributed by atoms with E-state index in [2.05, 4.69) is 10.4 Å². The Labute approximate surface area is 203 Å². The van der Waals surface area contributed by atoms with Crippen LogP contribution in [0.1, 0.15) is 16.1 Å². The van der Waals surface area contributed by atoms with Crippen molar-refractivity contribution in [3.05, 3.63) is 110 Å². The van der Waals surface area contributed by atoms with Gasteiger partial charge >= 0.3 is 0 Å². The average molecular weight is 499 g/mol. The number of halogens is 3. The van der Waals surface area contributed by atoms with Gasteiger partial charge in [-0.2, -0.15) is 5.10 Å². The van der Waals surface area contributed by atoms with E-state index in [0.29, 0.717) is 33.4 Å². The first-order valence-corrected chi connectivity index (χ1v) is 10.9. The summed E-state index contributed by atoms with van der Waals surface area (Å²) < 4.78 is 14.7. The lowest BCUT2D eigenvalue weighted by Gasteiger charge is -2.09. The first kappa shape index (κ1) is 23.4. The third-order valence-electron chi connectivity index (χ3n) is 5.06. The molecule has 4 rings (SSSR count). The van der Waals surface area contributed by atoms with Gasteiger partial charge in [-0.05, 0) is 60.5 Å². The van der Waals surface area contributed by atoms with Gasteiger partial charge in [-0.15, -0.1) is 0 Å². The summed E-state index contributed by atoms with van der Waals surface area (Å²) in [5.74, 6) is -0.835. The van der Waals surface area contributed by atoms with Crippen molar-refractivity contribution in [2.75, 3.05) is 6.54 Å². The lowest BCUT2D eigenvalue weighted by molar-refractivity contribution is -0.384. The van der Waals surface area contributed by atoms with E-state index in [-0.39, 0.29) is 17.9 Å². The van der Waals surface area contributed by atoms with Crippen molar-refractivity contribution in [3.8, 4) is 16.9 Å². The minimum Gasteiger partial charge on any atom is -0.350 e. The first-order chi connectivity index (χ1) is 16.3. The summed E-state index contributed by atoms with van der Waals surface area (Å²) in [6.45, 7) is 0.284. The molecule has 4 aromatic rings. The fourth-order valence-corrected chi connectivity index (χ4v) is 3.87. The molecule has 0 atom stereocenters. The smallest absolute Gasteiger partial charge is 0.271 e. The van der Waals surface area contributed by atoms with Crippen LogP contribution in [-0.4, -0.2) is 27.2 Å². The Balaban J connectivity index is 1.64. The number of nitrogens with zero attached hydrogens (tertiary/aromatic N) is 3. The molecular formula is C24H17Cl2FN4O3. The third kappa shape index (κ3) is 5.24. The summed E-state index contributed by atoms with van der Waals surface area (Å²) in [5.41, 5.74) is 2.20. The third-order valence-corrected chi connectivity index (χ3v) is 5.65. The van der Waals surface area contributed by atoms with Gasteiger partial charge in [0.15, 0.2) is 0 Å². The number of aromatic nitrogens is 2. The second kappa shape index (κ2) is 10.0. The zero-order chi connectivity index (χ0) is 24.2. The molecule has 0 saturated heterocycles. The second-order valence-corrected chi connectivity index (χ2v) is 8.20. The Morgan fingerprint density at radius 3 is 2.53 bits per heavy atom. The molecule has 0 aliphatic rings. The highest BCUT2D eigenvalue weighted by molar-refractivity contribution is 6.35. The SMILES string of the molecule is O=C(NCCc1ccc(Cl)cc1Cl)c1cc(-c2ccc(F)cc2)nn1-c1cccc([N+](=O)[O-])c1. The van der Waals surface area contributed by atoms with E-state index in [9.17, 15) is 19.3 Å². The predicted molar refractivity (Wildman–Crippen MR) is 128 cm³/mol. The molecule has 1 N–H and O–H groups in total. The molecule has 0 aliphatic carbocycles. The van der Waals surface area contributed by atoms with Crippen molar-refractivity contribution in [3.63, 3.8) is 0 Å². The van der Waals surface area contributed by atoms with Gasteiger partial charge in [-0.1, -0.05) is 35.3 Å². The van der Waals surface area contributed by atoms with E-state index in [1.54, 1.807) is 42.5 Å². The molecular weight excluding hydrogens is 482 g/mol. The molecule has 7 nitrogen and oxygen atoms in total. The number of nitro groups is 1. The molecule has 0 spiro atoms. The van der Waals surface area contributed by atoms with Gasteiger partial charge in [0.05, 0.1) is 16.3 Å². The number of amides is 1. The van der Waals surface area contributed by atoms with Gasteiger partial charge in [0.25, 0.3) is 11.6 Å². The Bertz CT molecular complexity index is 1370. The monoisotopic (exact) mass is 498 g/mol. The molecule has 34 heavy (non-hydrogen) atoms. The van der Waals surface area contributed by atoms with Gasteiger partial charge in [0.2, 0.25) is 0 Å². The highest BCUT2D eigenvalue weighted by Gasteiger charge is 2.19. The minimum absolute atomic E-state index is 0.139. The lowest BCUT2D eigenvalue weighted by atomic mass is 10.1. The van der Waals surface area contributed by atoms with Gasteiger partial charge in [0, 0.05) is 34.3 Å². The topological polar surface area (TPSA) is 90.1 Å². The predicted octanol–water partition coefficient (Wildman–Crippen LogP) is 5.87. The van der Waals surface area contributed by atoms with E-state index in [1.165, 1.54) is 35.0 Å². The van der Waals surface area contributed by atoms with Crippen LogP contribution in [0.25, 0.3) is 16.9 Å². The molecule has 1 amide bonds. The average Bonchev–Trinajstić information content (AvgIpc) is 3.26. The van der Waals surface area contributed by atoms with Gasteiger partial charge in [-0.25, -0.2) is 9.07 Å². The number of rotatable bonds is 7. The van der Waals surface area contributed by atoms with E-state index in [0.717, 1.165) is 5.56 Å². The molecule has 1 heterocycles. The highest BCUT2D eigenvalue weighted by atomic mass is 35.5. The van der Waals surface area contributed by atoms with Crippen LogP contribution in [0.4, 0.5) is 10.1 Å². The van der Waals surface area contributed by atoms with E-state index >= 15 is 0 Å². The zero-order valence-corrected chi connectivity index (χ0v) is 19.1. The maximum atomic E-state index is 13.4. The van der Waals surface area contributed by atoms with Crippen molar-refractivity contribution in [1.29, 1.82) is 0 Å². The highest BCUT2D eigenvalue weighted by Crippen LogP contribution is 2.25. The summed E-state index contributed by atoms with van der Waals surface area (Å²) in [6, 6.07) is 18.1. The molecule has 0 bridgehead atoms. The summed E-state index contributed by atoms with van der Waals surface area (Å²) in [4.78, 5) is 23.8. The quantitative estimate of drug-likeness (QED) is 0.255. The van der Waals surface area contributed by atoms with Crippen molar-refractivity contribution in [1.82, 2.24) is 15.1 Å². The Kier molecular flexibility index (Phi) is 6.90. The van der Waals surface area contributed by atoms with Crippen LogP contribution in [0.3, 0.4) is 0 Å². The molecule has 3 aromatic carbocycles. The normalized spacial score (nSPS) is 10.8. The van der Waals surface area contributed by atoms with Gasteiger partial charge in [0.1, 0.15) is 11.5 Å². The largest absolute Gasteiger partial charge is 0.350 e. The zero-order valence-electron chi connectivity index (χ0n) is 17.5. The number of non-ortho nitro benzene ring substituents is 1.